The molecule has 4 nitrogen and oxygen atoms in total. The van der Waals surface area contributed by atoms with Gasteiger partial charge in [0.1, 0.15) is 0 Å². The van der Waals surface area contributed by atoms with Crippen LogP contribution in [0.5, 0.6) is 0 Å². The summed E-state index contributed by atoms with van der Waals surface area (Å²) in [4.78, 5) is 24.1. The molecule has 1 amide bonds. The molecule has 0 bridgehead atoms. The summed E-state index contributed by atoms with van der Waals surface area (Å²) in [6.45, 7) is 11.2. The summed E-state index contributed by atoms with van der Waals surface area (Å²) < 4.78 is 4.92. The Kier molecular flexibility index (Phi) is 7.69. The van der Waals surface area contributed by atoms with E-state index in [-0.39, 0.29) is 16.6 Å². The smallest absolute Gasteiger partial charge is 0.293 e. The van der Waals surface area contributed by atoms with E-state index in [0.29, 0.717) is 19.5 Å². The fourth-order valence-corrected chi connectivity index (χ4v) is 3.75. The maximum Gasteiger partial charge on any atom is 0.293 e. The van der Waals surface area contributed by atoms with Crippen LogP contribution in [0.25, 0.3) is 0 Å². The minimum absolute atomic E-state index is 0.0181. The predicted octanol–water partition coefficient (Wildman–Crippen LogP) is 5.34. The number of hydrogen-bond acceptors (Lipinski definition) is 4. The van der Waals surface area contributed by atoms with Crippen LogP contribution in [-0.2, 0) is 20.7 Å². The monoisotopic (exact) mass is 399 g/mol. The first-order valence-corrected chi connectivity index (χ1v) is 10.2. The molecule has 0 spiro atoms. The van der Waals surface area contributed by atoms with E-state index in [4.69, 9.17) is 4.74 Å². The lowest BCUT2D eigenvalue weighted by molar-refractivity contribution is -0.129. The molecule has 2 aromatic rings. The van der Waals surface area contributed by atoms with Gasteiger partial charge >= 0.3 is 0 Å². The highest BCUT2D eigenvalue weighted by molar-refractivity contribution is 8.00. The number of aryl methyl sites for hydroxylation is 1. The van der Waals surface area contributed by atoms with Crippen molar-refractivity contribution in [3.63, 3.8) is 0 Å². The lowest BCUT2D eigenvalue weighted by Gasteiger charge is -2.22. The van der Waals surface area contributed by atoms with Crippen molar-refractivity contribution in [3.05, 3.63) is 59.2 Å². The SMILES string of the molecule is Cc1ccc(CC(=O)Nc2cc(C(C)COC=O)ccc2SC(C)(C)C)cc1. The summed E-state index contributed by atoms with van der Waals surface area (Å²) in [6.07, 6.45) is 0.327. The van der Waals surface area contributed by atoms with Crippen LogP contribution in [0.2, 0.25) is 0 Å². The van der Waals surface area contributed by atoms with Crippen molar-refractivity contribution >= 4 is 29.8 Å². The fraction of sp³-hybridized carbons (Fsp3) is 0.391. The van der Waals surface area contributed by atoms with Crippen molar-refractivity contribution in [2.45, 2.75) is 56.6 Å². The zero-order chi connectivity index (χ0) is 20.7. The van der Waals surface area contributed by atoms with Gasteiger partial charge in [-0.3, -0.25) is 9.59 Å². The first-order valence-electron chi connectivity index (χ1n) is 9.41. The Bertz CT molecular complexity index is 810. The van der Waals surface area contributed by atoms with Crippen molar-refractivity contribution in [3.8, 4) is 0 Å². The molecule has 2 rings (SSSR count). The molecule has 0 saturated heterocycles. The largest absolute Gasteiger partial charge is 0.467 e. The summed E-state index contributed by atoms with van der Waals surface area (Å²) in [5, 5.41) is 3.08. The van der Waals surface area contributed by atoms with Crippen LogP contribution in [0.4, 0.5) is 5.69 Å². The van der Waals surface area contributed by atoms with Crippen LogP contribution >= 0.6 is 11.8 Å². The molecular formula is C23H29NO3S. The molecule has 0 aliphatic heterocycles. The second-order valence-corrected chi connectivity index (χ2v) is 9.88. The maximum absolute atomic E-state index is 12.6. The van der Waals surface area contributed by atoms with Gasteiger partial charge in [0.05, 0.1) is 18.7 Å². The third kappa shape index (κ3) is 7.04. The van der Waals surface area contributed by atoms with Crippen LogP contribution in [0.15, 0.2) is 47.4 Å². The minimum atomic E-state index is -0.0476. The number of rotatable bonds is 8. The lowest BCUT2D eigenvalue weighted by Crippen LogP contribution is -2.16. The minimum Gasteiger partial charge on any atom is -0.467 e. The number of amides is 1. The Labute approximate surface area is 172 Å². The number of carbonyl (C=O) groups is 2. The molecule has 0 fully saturated rings. The van der Waals surface area contributed by atoms with E-state index in [0.717, 1.165) is 21.7 Å². The molecule has 28 heavy (non-hydrogen) atoms. The number of benzene rings is 2. The van der Waals surface area contributed by atoms with E-state index in [9.17, 15) is 9.59 Å². The Morgan fingerprint density at radius 1 is 1.18 bits per heavy atom. The van der Waals surface area contributed by atoms with Gasteiger partial charge in [0.2, 0.25) is 5.91 Å². The summed E-state index contributed by atoms with van der Waals surface area (Å²) in [5.41, 5.74) is 3.97. The summed E-state index contributed by atoms with van der Waals surface area (Å²) in [7, 11) is 0. The number of hydrogen-bond donors (Lipinski definition) is 1. The fourth-order valence-electron chi connectivity index (χ4n) is 2.74. The van der Waals surface area contributed by atoms with Crippen LogP contribution in [0, 0.1) is 6.92 Å². The summed E-state index contributed by atoms with van der Waals surface area (Å²) in [5.74, 6) is 0.000180. The van der Waals surface area contributed by atoms with Crippen molar-refractivity contribution < 1.29 is 14.3 Å². The molecule has 1 N–H and O–H groups in total. The van der Waals surface area contributed by atoms with E-state index >= 15 is 0 Å². The highest BCUT2D eigenvalue weighted by Crippen LogP contribution is 2.38. The zero-order valence-corrected chi connectivity index (χ0v) is 18.1. The quantitative estimate of drug-likeness (QED) is 0.481. The molecule has 0 heterocycles. The van der Waals surface area contributed by atoms with E-state index in [1.807, 2.05) is 56.3 Å². The van der Waals surface area contributed by atoms with Crippen molar-refractivity contribution in [2.75, 3.05) is 11.9 Å². The van der Waals surface area contributed by atoms with Gasteiger partial charge < -0.3 is 10.1 Å². The van der Waals surface area contributed by atoms with Crippen LogP contribution in [0.3, 0.4) is 0 Å². The first-order chi connectivity index (χ1) is 13.2. The van der Waals surface area contributed by atoms with Gasteiger partial charge in [-0.25, -0.2) is 0 Å². The van der Waals surface area contributed by atoms with Crippen LogP contribution in [0.1, 0.15) is 50.3 Å². The van der Waals surface area contributed by atoms with E-state index in [2.05, 4.69) is 26.1 Å². The molecular weight excluding hydrogens is 370 g/mol. The molecule has 2 aromatic carbocycles. The lowest BCUT2D eigenvalue weighted by atomic mass is 10.0. The number of carbonyl (C=O) groups excluding carboxylic acids is 2. The number of ether oxygens (including phenoxy) is 1. The van der Waals surface area contributed by atoms with Gasteiger partial charge in [-0.1, -0.05) is 63.6 Å². The molecule has 1 unspecified atom stereocenters. The van der Waals surface area contributed by atoms with Crippen molar-refractivity contribution in [1.82, 2.24) is 0 Å². The zero-order valence-electron chi connectivity index (χ0n) is 17.2. The molecule has 0 saturated carbocycles. The normalized spacial score (nSPS) is 12.3. The van der Waals surface area contributed by atoms with E-state index in [1.165, 1.54) is 5.56 Å². The van der Waals surface area contributed by atoms with Gasteiger partial charge in [-0.15, -0.1) is 11.8 Å². The topological polar surface area (TPSA) is 55.4 Å². The van der Waals surface area contributed by atoms with Gasteiger partial charge in [0.15, 0.2) is 0 Å². The Morgan fingerprint density at radius 2 is 1.86 bits per heavy atom. The maximum atomic E-state index is 12.6. The van der Waals surface area contributed by atoms with E-state index in [1.54, 1.807) is 11.8 Å². The standard InChI is InChI=1S/C23H29NO3S/c1-16-6-8-18(9-7-16)12-22(26)24-20-13-19(17(2)14-27-15-25)10-11-21(20)28-23(3,4)5/h6-11,13,15,17H,12,14H2,1-5H3,(H,24,26). The second-order valence-electron chi connectivity index (χ2n) is 8.01. The van der Waals surface area contributed by atoms with Crippen molar-refractivity contribution in [1.29, 1.82) is 0 Å². The number of thioether (sulfide) groups is 1. The third-order valence-corrected chi connectivity index (χ3v) is 5.35. The van der Waals surface area contributed by atoms with Crippen LogP contribution in [-0.4, -0.2) is 23.7 Å². The summed E-state index contributed by atoms with van der Waals surface area (Å²) >= 11 is 1.71. The second kappa shape index (κ2) is 9.78. The average molecular weight is 400 g/mol. The molecule has 0 aromatic heterocycles. The van der Waals surface area contributed by atoms with E-state index < -0.39 is 0 Å². The summed E-state index contributed by atoms with van der Waals surface area (Å²) in [6, 6.07) is 14.0. The highest BCUT2D eigenvalue weighted by atomic mass is 32.2. The molecule has 5 heteroatoms. The van der Waals surface area contributed by atoms with Crippen LogP contribution < -0.4 is 5.32 Å². The predicted molar refractivity (Wildman–Crippen MR) is 116 cm³/mol. The molecule has 0 aliphatic carbocycles. The molecule has 0 aliphatic rings. The van der Waals surface area contributed by atoms with Gasteiger partial charge in [0.25, 0.3) is 6.47 Å². The number of nitrogens with one attached hydrogen (secondary N) is 1. The van der Waals surface area contributed by atoms with Crippen molar-refractivity contribution in [2.24, 2.45) is 0 Å². The highest BCUT2D eigenvalue weighted by Gasteiger charge is 2.18. The Balaban J connectivity index is 2.22. The average Bonchev–Trinajstić information content (AvgIpc) is 2.62. The van der Waals surface area contributed by atoms with Gasteiger partial charge in [-0.2, -0.15) is 0 Å². The van der Waals surface area contributed by atoms with Gasteiger partial charge in [0, 0.05) is 15.6 Å². The molecule has 1 atom stereocenters. The molecule has 150 valence electrons. The third-order valence-electron chi connectivity index (χ3n) is 4.16. The Morgan fingerprint density at radius 3 is 2.46 bits per heavy atom. The first kappa shape index (κ1) is 22.0. The Hall–Kier alpha value is -2.27. The van der Waals surface area contributed by atoms with Gasteiger partial charge in [-0.05, 0) is 30.2 Å². The number of anilines is 1. The molecule has 0 radical (unpaired) electrons.